The minimum atomic E-state index is -3.37. The first-order valence-corrected chi connectivity index (χ1v) is 7.41. The monoisotopic (exact) mass is 248 g/mol. The molecule has 94 valence electrons. The molecule has 0 radical (unpaired) electrons. The van der Waals surface area contributed by atoms with Crippen LogP contribution in [0.3, 0.4) is 0 Å². The lowest BCUT2D eigenvalue weighted by atomic mass is 9.88. The second-order valence-electron chi connectivity index (χ2n) is 5.08. The molecule has 2 rings (SSSR count). The van der Waals surface area contributed by atoms with Gasteiger partial charge in [-0.2, -0.15) is 13.1 Å². The molecule has 0 amide bonds. The lowest BCUT2D eigenvalue weighted by Gasteiger charge is -2.26. The molecule has 0 heterocycles. The molecular formula is C10H20N2O3S. The molecule has 0 spiro atoms. The van der Waals surface area contributed by atoms with Crippen molar-refractivity contribution in [3.8, 4) is 0 Å². The van der Waals surface area contributed by atoms with E-state index in [1.54, 1.807) is 0 Å². The smallest absolute Gasteiger partial charge is 0.277 e. The van der Waals surface area contributed by atoms with Crippen LogP contribution in [0.4, 0.5) is 0 Å². The molecule has 0 aromatic heterocycles. The van der Waals surface area contributed by atoms with Crippen molar-refractivity contribution < 1.29 is 13.5 Å². The molecular weight excluding hydrogens is 228 g/mol. The van der Waals surface area contributed by atoms with E-state index >= 15 is 0 Å². The van der Waals surface area contributed by atoms with Crippen molar-refractivity contribution in [2.75, 3.05) is 13.2 Å². The molecule has 0 unspecified atom stereocenters. The van der Waals surface area contributed by atoms with Gasteiger partial charge in [-0.1, -0.05) is 12.8 Å². The molecule has 0 aliphatic heterocycles. The summed E-state index contributed by atoms with van der Waals surface area (Å²) in [7, 11) is -3.37. The van der Waals surface area contributed by atoms with E-state index in [-0.39, 0.29) is 18.1 Å². The molecule has 0 bridgehead atoms. The molecule has 2 saturated carbocycles. The first-order chi connectivity index (χ1) is 7.55. The van der Waals surface area contributed by atoms with Crippen molar-refractivity contribution in [1.29, 1.82) is 0 Å². The van der Waals surface area contributed by atoms with Crippen LogP contribution in [-0.4, -0.2) is 32.7 Å². The zero-order valence-electron chi connectivity index (χ0n) is 9.41. The second-order valence-corrected chi connectivity index (χ2v) is 6.61. The van der Waals surface area contributed by atoms with Gasteiger partial charge in [0.1, 0.15) is 0 Å². The first-order valence-electron chi connectivity index (χ1n) is 5.93. The number of aliphatic hydroxyl groups excluding tert-OH is 1. The molecule has 0 aromatic carbocycles. The largest absolute Gasteiger partial charge is 0.396 e. The Bertz CT molecular complexity index is 332. The van der Waals surface area contributed by atoms with E-state index in [4.69, 9.17) is 0 Å². The summed E-state index contributed by atoms with van der Waals surface area (Å²) in [5.41, 5.74) is -0.224. The topological polar surface area (TPSA) is 78.4 Å². The number of aliphatic hydroxyl groups is 1. The third-order valence-electron chi connectivity index (χ3n) is 3.54. The van der Waals surface area contributed by atoms with Crippen molar-refractivity contribution >= 4 is 10.2 Å². The molecule has 5 nitrogen and oxygen atoms in total. The van der Waals surface area contributed by atoms with Crippen molar-refractivity contribution in [2.45, 2.75) is 44.6 Å². The maximum Gasteiger partial charge on any atom is 0.277 e. The van der Waals surface area contributed by atoms with Gasteiger partial charge in [-0.15, -0.1) is 0 Å². The third-order valence-corrected chi connectivity index (χ3v) is 4.70. The SMILES string of the molecule is O=S(=O)(NCC1(CO)CCCC1)NC1CC1. The lowest BCUT2D eigenvalue weighted by Crippen LogP contribution is -2.44. The van der Waals surface area contributed by atoms with Gasteiger partial charge in [0.15, 0.2) is 0 Å². The highest BCUT2D eigenvalue weighted by molar-refractivity contribution is 7.87. The summed E-state index contributed by atoms with van der Waals surface area (Å²) in [6.45, 7) is 0.421. The van der Waals surface area contributed by atoms with Gasteiger partial charge in [-0.3, -0.25) is 0 Å². The second kappa shape index (κ2) is 4.60. The highest BCUT2D eigenvalue weighted by Crippen LogP contribution is 2.37. The summed E-state index contributed by atoms with van der Waals surface area (Å²) in [5, 5.41) is 9.35. The highest BCUT2D eigenvalue weighted by atomic mass is 32.2. The van der Waals surface area contributed by atoms with Crippen molar-refractivity contribution in [1.82, 2.24) is 9.44 Å². The fourth-order valence-corrected chi connectivity index (χ4v) is 3.48. The van der Waals surface area contributed by atoms with Gasteiger partial charge in [0.2, 0.25) is 0 Å². The third kappa shape index (κ3) is 3.16. The first kappa shape index (κ1) is 12.3. The molecule has 0 atom stereocenters. The van der Waals surface area contributed by atoms with E-state index in [0.29, 0.717) is 6.54 Å². The van der Waals surface area contributed by atoms with Gasteiger partial charge in [0.25, 0.3) is 10.2 Å². The Balaban J connectivity index is 1.84. The average Bonchev–Trinajstić information content (AvgIpc) is 2.92. The zero-order chi connectivity index (χ0) is 11.6. The van der Waals surface area contributed by atoms with Crippen molar-refractivity contribution in [3.63, 3.8) is 0 Å². The fourth-order valence-electron chi connectivity index (χ4n) is 2.23. The van der Waals surface area contributed by atoms with Crippen molar-refractivity contribution in [2.24, 2.45) is 5.41 Å². The minimum absolute atomic E-state index is 0.0684. The molecule has 3 N–H and O–H groups in total. The van der Waals surface area contributed by atoms with Gasteiger partial charge in [-0.25, -0.2) is 4.72 Å². The van der Waals surface area contributed by atoms with Crippen LogP contribution in [0.15, 0.2) is 0 Å². The molecule has 16 heavy (non-hydrogen) atoms. The summed E-state index contributed by atoms with van der Waals surface area (Å²) in [4.78, 5) is 0. The Morgan fingerprint density at radius 1 is 1.25 bits per heavy atom. The molecule has 2 aliphatic carbocycles. The molecule has 0 saturated heterocycles. The van der Waals surface area contributed by atoms with Gasteiger partial charge in [0.05, 0.1) is 0 Å². The quantitative estimate of drug-likeness (QED) is 0.625. The molecule has 2 fully saturated rings. The summed E-state index contributed by atoms with van der Waals surface area (Å²) < 4.78 is 28.3. The Hall–Kier alpha value is -0.170. The van der Waals surface area contributed by atoms with E-state index < -0.39 is 10.2 Å². The van der Waals surface area contributed by atoms with Gasteiger partial charge in [0, 0.05) is 24.6 Å². The number of hydrogen-bond donors (Lipinski definition) is 3. The minimum Gasteiger partial charge on any atom is -0.396 e. The normalized spacial score (nSPS) is 24.8. The van der Waals surface area contributed by atoms with Crippen LogP contribution in [0.25, 0.3) is 0 Å². The number of hydrogen-bond acceptors (Lipinski definition) is 3. The van der Waals surface area contributed by atoms with E-state index in [1.165, 1.54) is 0 Å². The van der Waals surface area contributed by atoms with Crippen molar-refractivity contribution in [3.05, 3.63) is 0 Å². The predicted octanol–water partition coefficient (Wildman–Crippen LogP) is 0.125. The summed E-state index contributed by atoms with van der Waals surface area (Å²) in [6.07, 6.45) is 5.86. The molecule has 2 aliphatic rings. The van der Waals surface area contributed by atoms with E-state index in [2.05, 4.69) is 9.44 Å². The van der Waals surface area contributed by atoms with Crippen LogP contribution >= 0.6 is 0 Å². The van der Waals surface area contributed by atoms with Crippen LogP contribution in [0.1, 0.15) is 38.5 Å². The Kier molecular flexibility index (Phi) is 3.53. The molecule has 6 heteroatoms. The summed E-state index contributed by atoms with van der Waals surface area (Å²) in [6, 6.07) is 0.131. The average molecular weight is 248 g/mol. The Morgan fingerprint density at radius 3 is 2.38 bits per heavy atom. The summed E-state index contributed by atoms with van der Waals surface area (Å²) >= 11 is 0. The van der Waals surface area contributed by atoms with Crippen LogP contribution in [0.5, 0.6) is 0 Å². The maximum absolute atomic E-state index is 11.6. The van der Waals surface area contributed by atoms with E-state index in [9.17, 15) is 13.5 Å². The van der Waals surface area contributed by atoms with Crippen LogP contribution < -0.4 is 9.44 Å². The van der Waals surface area contributed by atoms with Gasteiger partial charge >= 0.3 is 0 Å². The summed E-state index contributed by atoms with van der Waals surface area (Å²) in [5.74, 6) is 0. The maximum atomic E-state index is 11.6. The lowest BCUT2D eigenvalue weighted by molar-refractivity contribution is 0.134. The number of nitrogens with one attached hydrogen (secondary N) is 2. The highest BCUT2D eigenvalue weighted by Gasteiger charge is 2.35. The molecule has 0 aromatic rings. The zero-order valence-corrected chi connectivity index (χ0v) is 10.2. The fraction of sp³-hybridized carbons (Fsp3) is 1.00. The van der Waals surface area contributed by atoms with E-state index in [1.807, 2.05) is 0 Å². The van der Waals surface area contributed by atoms with Crippen LogP contribution in [-0.2, 0) is 10.2 Å². The van der Waals surface area contributed by atoms with E-state index in [0.717, 1.165) is 38.5 Å². The van der Waals surface area contributed by atoms with Gasteiger partial charge in [-0.05, 0) is 25.7 Å². The Labute approximate surface area is 96.8 Å². The van der Waals surface area contributed by atoms with Crippen LogP contribution in [0, 0.1) is 5.41 Å². The Morgan fingerprint density at radius 2 is 1.88 bits per heavy atom. The van der Waals surface area contributed by atoms with Crippen LogP contribution in [0.2, 0.25) is 0 Å². The number of rotatable bonds is 6. The standard InChI is InChI=1S/C10H20N2O3S/c13-8-10(5-1-2-6-10)7-11-16(14,15)12-9-3-4-9/h9,11-13H,1-8H2. The van der Waals surface area contributed by atoms with Gasteiger partial charge < -0.3 is 5.11 Å². The predicted molar refractivity (Wildman–Crippen MR) is 61.1 cm³/mol.